The van der Waals surface area contributed by atoms with Gasteiger partial charge in [0.25, 0.3) is 0 Å². The molecule has 1 aromatic rings. The van der Waals surface area contributed by atoms with Gasteiger partial charge in [0, 0.05) is 31.6 Å². The lowest BCUT2D eigenvalue weighted by Gasteiger charge is -2.18. The van der Waals surface area contributed by atoms with E-state index in [4.69, 9.17) is 9.72 Å². The van der Waals surface area contributed by atoms with Gasteiger partial charge in [-0.1, -0.05) is 20.8 Å². The van der Waals surface area contributed by atoms with Crippen LogP contribution in [-0.4, -0.2) is 38.3 Å². The molecule has 0 spiro atoms. The van der Waals surface area contributed by atoms with E-state index in [-0.39, 0.29) is 0 Å². The van der Waals surface area contributed by atoms with E-state index in [1.54, 1.807) is 7.11 Å². The summed E-state index contributed by atoms with van der Waals surface area (Å²) in [6, 6.07) is 0. The highest BCUT2D eigenvalue weighted by atomic mass is 32.1. The van der Waals surface area contributed by atoms with Gasteiger partial charge in [-0.05, 0) is 25.8 Å². The maximum atomic E-state index is 5.17. The molecule has 0 saturated heterocycles. The van der Waals surface area contributed by atoms with Crippen molar-refractivity contribution in [3.05, 3.63) is 10.6 Å². The van der Waals surface area contributed by atoms with E-state index in [2.05, 4.69) is 37.9 Å². The first-order valence-electron chi connectivity index (χ1n) is 7.55. The van der Waals surface area contributed by atoms with Gasteiger partial charge in [0.15, 0.2) is 5.13 Å². The Hall–Kier alpha value is -0.650. The number of aryl methyl sites for hydroxylation is 1. The van der Waals surface area contributed by atoms with Crippen molar-refractivity contribution < 1.29 is 4.74 Å². The Morgan fingerprint density at radius 2 is 2.10 bits per heavy atom. The van der Waals surface area contributed by atoms with Gasteiger partial charge in [-0.25, -0.2) is 4.98 Å². The molecule has 0 fully saturated rings. The van der Waals surface area contributed by atoms with Crippen molar-refractivity contribution in [3.8, 4) is 0 Å². The van der Waals surface area contributed by atoms with Crippen LogP contribution in [-0.2, 0) is 17.7 Å². The first kappa shape index (κ1) is 17.4. The SMILES string of the molecule is CCc1nc(N(CC)CCOC)sc1CNCC(C)C. The van der Waals surface area contributed by atoms with Crippen LogP contribution in [0.25, 0.3) is 0 Å². The zero-order valence-electron chi connectivity index (χ0n) is 13.5. The van der Waals surface area contributed by atoms with Crippen LogP contribution in [0.4, 0.5) is 5.13 Å². The van der Waals surface area contributed by atoms with Crippen LogP contribution in [0.3, 0.4) is 0 Å². The highest BCUT2D eigenvalue weighted by molar-refractivity contribution is 7.15. The van der Waals surface area contributed by atoms with Crippen LogP contribution in [0.5, 0.6) is 0 Å². The standard InChI is InChI=1S/C15H29N3OS/c1-6-13-14(11-16-10-12(3)4)20-15(17-13)18(7-2)8-9-19-5/h12,16H,6-11H2,1-5H3. The van der Waals surface area contributed by atoms with Gasteiger partial charge in [0.05, 0.1) is 12.3 Å². The van der Waals surface area contributed by atoms with E-state index in [0.717, 1.165) is 44.3 Å². The zero-order valence-corrected chi connectivity index (χ0v) is 14.3. The van der Waals surface area contributed by atoms with Crippen LogP contribution in [0, 0.1) is 5.92 Å². The minimum atomic E-state index is 0.682. The van der Waals surface area contributed by atoms with Crippen molar-refractivity contribution in [1.29, 1.82) is 0 Å². The summed E-state index contributed by atoms with van der Waals surface area (Å²) >= 11 is 1.82. The van der Waals surface area contributed by atoms with Crippen LogP contribution in [0.2, 0.25) is 0 Å². The zero-order chi connectivity index (χ0) is 15.0. The number of likely N-dealkylation sites (N-methyl/N-ethyl adjacent to an activating group) is 1. The molecule has 5 heteroatoms. The molecule has 0 aliphatic heterocycles. The average molecular weight is 299 g/mol. The Bertz CT molecular complexity index is 379. The van der Waals surface area contributed by atoms with Crippen molar-refractivity contribution >= 4 is 16.5 Å². The third kappa shape index (κ3) is 5.38. The second-order valence-electron chi connectivity index (χ2n) is 5.32. The number of hydrogen-bond acceptors (Lipinski definition) is 5. The average Bonchev–Trinajstić information content (AvgIpc) is 2.82. The quantitative estimate of drug-likeness (QED) is 0.721. The van der Waals surface area contributed by atoms with E-state index in [1.165, 1.54) is 10.6 Å². The van der Waals surface area contributed by atoms with Crippen molar-refractivity contribution in [3.63, 3.8) is 0 Å². The molecule has 4 nitrogen and oxygen atoms in total. The third-order valence-electron chi connectivity index (χ3n) is 3.16. The van der Waals surface area contributed by atoms with Gasteiger partial charge in [0.1, 0.15) is 0 Å². The van der Waals surface area contributed by atoms with Gasteiger partial charge < -0.3 is 15.0 Å². The molecule has 116 valence electrons. The fourth-order valence-corrected chi connectivity index (χ4v) is 3.19. The second-order valence-corrected chi connectivity index (χ2v) is 6.38. The molecule has 0 aliphatic carbocycles. The Balaban J connectivity index is 2.70. The lowest BCUT2D eigenvalue weighted by atomic mass is 10.2. The topological polar surface area (TPSA) is 37.4 Å². The third-order valence-corrected chi connectivity index (χ3v) is 4.32. The molecule has 20 heavy (non-hydrogen) atoms. The molecule has 0 bridgehead atoms. The first-order chi connectivity index (χ1) is 9.62. The molecular weight excluding hydrogens is 270 g/mol. The molecule has 0 saturated carbocycles. The predicted octanol–water partition coefficient (Wildman–Crippen LogP) is 2.92. The van der Waals surface area contributed by atoms with Crippen molar-refractivity contribution in [2.24, 2.45) is 5.92 Å². The van der Waals surface area contributed by atoms with E-state index in [9.17, 15) is 0 Å². The number of thiazole rings is 1. The Morgan fingerprint density at radius 3 is 2.65 bits per heavy atom. The molecule has 1 N–H and O–H groups in total. The summed E-state index contributed by atoms with van der Waals surface area (Å²) in [7, 11) is 1.74. The minimum Gasteiger partial charge on any atom is -0.383 e. The smallest absolute Gasteiger partial charge is 0.185 e. The summed E-state index contributed by atoms with van der Waals surface area (Å²) in [5.74, 6) is 0.682. The Morgan fingerprint density at radius 1 is 1.35 bits per heavy atom. The number of hydrogen-bond donors (Lipinski definition) is 1. The number of rotatable bonds is 10. The summed E-state index contributed by atoms with van der Waals surface area (Å²) < 4.78 is 5.17. The molecule has 0 atom stereocenters. The Kier molecular flexibility index (Phi) is 8.11. The fraction of sp³-hybridized carbons (Fsp3) is 0.800. The summed E-state index contributed by atoms with van der Waals surface area (Å²) in [5.41, 5.74) is 1.23. The van der Waals surface area contributed by atoms with Crippen LogP contribution < -0.4 is 10.2 Å². The number of nitrogens with one attached hydrogen (secondary N) is 1. The molecule has 0 unspecified atom stereocenters. The van der Waals surface area contributed by atoms with Crippen molar-refractivity contribution in [2.45, 2.75) is 40.7 Å². The van der Waals surface area contributed by atoms with Gasteiger partial charge in [-0.3, -0.25) is 0 Å². The second kappa shape index (κ2) is 9.32. The maximum absolute atomic E-state index is 5.17. The molecule has 0 amide bonds. The van der Waals surface area contributed by atoms with E-state index in [1.807, 2.05) is 11.3 Å². The maximum Gasteiger partial charge on any atom is 0.185 e. The summed E-state index contributed by atoms with van der Waals surface area (Å²) in [5, 5.41) is 4.64. The highest BCUT2D eigenvalue weighted by Gasteiger charge is 2.14. The van der Waals surface area contributed by atoms with Gasteiger partial charge in [0.2, 0.25) is 0 Å². The summed E-state index contributed by atoms with van der Waals surface area (Å²) in [4.78, 5) is 8.46. The molecule has 1 heterocycles. The van der Waals surface area contributed by atoms with Gasteiger partial charge in [-0.2, -0.15) is 0 Å². The van der Waals surface area contributed by atoms with Crippen LogP contribution in [0.1, 0.15) is 38.3 Å². The van der Waals surface area contributed by atoms with Crippen molar-refractivity contribution in [1.82, 2.24) is 10.3 Å². The van der Waals surface area contributed by atoms with E-state index < -0.39 is 0 Å². The molecule has 0 aliphatic rings. The molecule has 0 aromatic carbocycles. The lowest BCUT2D eigenvalue weighted by Crippen LogP contribution is -2.26. The first-order valence-corrected chi connectivity index (χ1v) is 8.37. The van der Waals surface area contributed by atoms with Gasteiger partial charge >= 0.3 is 0 Å². The predicted molar refractivity (Wildman–Crippen MR) is 87.8 cm³/mol. The van der Waals surface area contributed by atoms with E-state index >= 15 is 0 Å². The normalized spacial score (nSPS) is 11.3. The highest BCUT2D eigenvalue weighted by Crippen LogP contribution is 2.26. The molecule has 1 rings (SSSR count). The summed E-state index contributed by atoms with van der Waals surface area (Å²) in [6.45, 7) is 13.4. The van der Waals surface area contributed by atoms with E-state index in [0.29, 0.717) is 5.92 Å². The monoisotopic (exact) mass is 299 g/mol. The minimum absolute atomic E-state index is 0.682. The number of ether oxygens (including phenoxy) is 1. The molecule has 0 radical (unpaired) electrons. The molecule has 1 aromatic heterocycles. The number of nitrogens with zero attached hydrogens (tertiary/aromatic N) is 2. The van der Waals surface area contributed by atoms with Crippen LogP contribution >= 0.6 is 11.3 Å². The number of anilines is 1. The van der Waals surface area contributed by atoms with Crippen molar-refractivity contribution in [2.75, 3.05) is 38.3 Å². The Labute approximate surface area is 127 Å². The van der Waals surface area contributed by atoms with Crippen LogP contribution in [0.15, 0.2) is 0 Å². The number of methoxy groups -OCH3 is 1. The fourth-order valence-electron chi connectivity index (χ4n) is 1.98. The summed E-state index contributed by atoms with van der Waals surface area (Å²) in [6.07, 6.45) is 0.997. The van der Waals surface area contributed by atoms with Gasteiger partial charge in [-0.15, -0.1) is 11.3 Å². The lowest BCUT2D eigenvalue weighted by molar-refractivity contribution is 0.205. The largest absolute Gasteiger partial charge is 0.383 e. The molecular formula is C15H29N3OS. The number of aromatic nitrogens is 1.